The number of piperidine rings is 1. The Balaban J connectivity index is 0.00000288. The first-order chi connectivity index (χ1) is 11.1. The topological polar surface area (TPSA) is 60.0 Å². The number of likely N-dealkylation sites (tertiary alicyclic amines) is 1. The van der Waals surface area contributed by atoms with E-state index in [2.05, 4.69) is 5.32 Å². The van der Waals surface area contributed by atoms with E-state index in [1.54, 1.807) is 21.3 Å². The van der Waals surface area contributed by atoms with Gasteiger partial charge < -0.3 is 24.4 Å². The number of hydrogen-bond acceptors (Lipinski definition) is 5. The number of carbonyl (C=O) groups is 1. The van der Waals surface area contributed by atoms with E-state index in [1.807, 2.05) is 24.1 Å². The predicted octanol–water partition coefficient (Wildman–Crippen LogP) is 1.89. The number of carbonyl (C=O) groups excluding carboxylic acids is 1. The average molecular weight is 359 g/mol. The molecular weight excluding hydrogens is 332 g/mol. The Morgan fingerprint density at radius 3 is 2.33 bits per heavy atom. The second-order valence-corrected chi connectivity index (χ2v) is 5.68. The van der Waals surface area contributed by atoms with Gasteiger partial charge in [0.2, 0.25) is 11.7 Å². The van der Waals surface area contributed by atoms with Gasteiger partial charge in [-0.15, -0.1) is 12.4 Å². The standard InChI is InChI=1S/C17H26N2O4.ClH/c1-18-13-6-5-7-19(11-13)16(20)10-12-8-14(21-2)17(23-4)15(9-12)22-3;/h8-9,13,18H,5-7,10-11H2,1-4H3;1H. The molecule has 1 saturated heterocycles. The molecule has 1 atom stereocenters. The molecule has 1 heterocycles. The molecule has 24 heavy (non-hydrogen) atoms. The first-order valence-corrected chi connectivity index (χ1v) is 7.86. The molecule has 1 amide bonds. The zero-order valence-electron chi connectivity index (χ0n) is 14.8. The molecule has 1 aromatic carbocycles. The van der Waals surface area contributed by atoms with Crippen molar-refractivity contribution in [3.63, 3.8) is 0 Å². The van der Waals surface area contributed by atoms with Crippen LogP contribution in [0.2, 0.25) is 0 Å². The Hall–Kier alpha value is -1.66. The zero-order chi connectivity index (χ0) is 16.8. The third kappa shape index (κ3) is 4.68. The number of ether oxygens (including phenoxy) is 3. The van der Waals surface area contributed by atoms with E-state index in [0.717, 1.165) is 31.5 Å². The van der Waals surface area contributed by atoms with Gasteiger partial charge in [-0.05, 0) is 37.6 Å². The number of likely N-dealkylation sites (N-methyl/N-ethyl adjacent to an activating group) is 1. The minimum Gasteiger partial charge on any atom is -0.493 e. The molecule has 1 unspecified atom stereocenters. The molecule has 0 radical (unpaired) electrons. The average Bonchev–Trinajstić information content (AvgIpc) is 2.60. The van der Waals surface area contributed by atoms with Crippen molar-refractivity contribution in [1.82, 2.24) is 10.2 Å². The summed E-state index contributed by atoms with van der Waals surface area (Å²) < 4.78 is 16.0. The van der Waals surface area contributed by atoms with Gasteiger partial charge in [0.25, 0.3) is 0 Å². The van der Waals surface area contributed by atoms with Crippen LogP contribution in [0.3, 0.4) is 0 Å². The first-order valence-electron chi connectivity index (χ1n) is 7.86. The first kappa shape index (κ1) is 20.4. The van der Waals surface area contributed by atoms with Gasteiger partial charge in [-0.25, -0.2) is 0 Å². The fourth-order valence-corrected chi connectivity index (χ4v) is 2.96. The highest BCUT2D eigenvalue weighted by Gasteiger charge is 2.23. The minimum absolute atomic E-state index is 0. The molecule has 7 heteroatoms. The van der Waals surface area contributed by atoms with Crippen LogP contribution in [-0.2, 0) is 11.2 Å². The molecule has 2 rings (SSSR count). The summed E-state index contributed by atoms with van der Waals surface area (Å²) in [4.78, 5) is 14.5. The molecule has 0 spiro atoms. The number of hydrogen-bond donors (Lipinski definition) is 1. The van der Waals surface area contributed by atoms with E-state index in [9.17, 15) is 4.79 Å². The quantitative estimate of drug-likeness (QED) is 0.841. The molecule has 0 aromatic heterocycles. The van der Waals surface area contributed by atoms with Crippen LogP contribution in [-0.4, -0.2) is 58.3 Å². The van der Waals surface area contributed by atoms with Crippen molar-refractivity contribution in [1.29, 1.82) is 0 Å². The highest BCUT2D eigenvalue weighted by Crippen LogP contribution is 2.38. The second-order valence-electron chi connectivity index (χ2n) is 5.68. The summed E-state index contributed by atoms with van der Waals surface area (Å²) in [6.07, 6.45) is 2.48. The highest BCUT2D eigenvalue weighted by atomic mass is 35.5. The third-order valence-electron chi connectivity index (χ3n) is 4.26. The molecule has 1 N–H and O–H groups in total. The lowest BCUT2D eigenvalue weighted by molar-refractivity contribution is -0.131. The highest BCUT2D eigenvalue weighted by molar-refractivity contribution is 5.85. The normalized spacial score (nSPS) is 17.0. The molecular formula is C17H27ClN2O4. The van der Waals surface area contributed by atoms with Crippen LogP contribution in [0.25, 0.3) is 0 Å². The Morgan fingerprint density at radius 1 is 1.21 bits per heavy atom. The third-order valence-corrected chi connectivity index (χ3v) is 4.26. The molecule has 1 aliphatic rings. The van der Waals surface area contributed by atoms with Gasteiger partial charge in [0.1, 0.15) is 0 Å². The van der Waals surface area contributed by atoms with Crippen molar-refractivity contribution in [3.05, 3.63) is 17.7 Å². The molecule has 0 bridgehead atoms. The molecule has 0 saturated carbocycles. The number of halogens is 1. The van der Waals surface area contributed by atoms with Crippen molar-refractivity contribution in [2.45, 2.75) is 25.3 Å². The lowest BCUT2D eigenvalue weighted by Gasteiger charge is -2.32. The lowest BCUT2D eigenvalue weighted by atomic mass is 10.0. The number of nitrogens with zero attached hydrogens (tertiary/aromatic N) is 1. The Labute approximate surface area is 149 Å². The fraction of sp³-hybridized carbons (Fsp3) is 0.588. The Bertz CT molecular complexity index is 528. The minimum atomic E-state index is 0. The molecule has 1 fully saturated rings. The summed E-state index contributed by atoms with van der Waals surface area (Å²) in [5, 5.41) is 3.25. The number of nitrogens with one attached hydrogen (secondary N) is 1. The van der Waals surface area contributed by atoms with Gasteiger partial charge in [0.05, 0.1) is 27.8 Å². The molecule has 1 aromatic rings. The van der Waals surface area contributed by atoms with Crippen molar-refractivity contribution in [2.24, 2.45) is 0 Å². The maximum absolute atomic E-state index is 12.6. The fourth-order valence-electron chi connectivity index (χ4n) is 2.96. The summed E-state index contributed by atoms with van der Waals surface area (Å²) in [6, 6.07) is 4.05. The lowest BCUT2D eigenvalue weighted by Crippen LogP contribution is -2.47. The summed E-state index contributed by atoms with van der Waals surface area (Å²) >= 11 is 0. The summed E-state index contributed by atoms with van der Waals surface area (Å²) in [5.74, 6) is 1.81. The smallest absolute Gasteiger partial charge is 0.227 e. The van der Waals surface area contributed by atoms with Gasteiger partial charge in [-0.2, -0.15) is 0 Å². The zero-order valence-corrected chi connectivity index (χ0v) is 15.6. The number of amides is 1. The van der Waals surface area contributed by atoms with E-state index < -0.39 is 0 Å². The second kappa shape index (κ2) is 9.59. The number of benzene rings is 1. The van der Waals surface area contributed by atoms with Gasteiger partial charge in [-0.1, -0.05) is 0 Å². The largest absolute Gasteiger partial charge is 0.493 e. The van der Waals surface area contributed by atoms with Crippen molar-refractivity contribution < 1.29 is 19.0 Å². The van der Waals surface area contributed by atoms with Crippen LogP contribution < -0.4 is 19.5 Å². The van der Waals surface area contributed by atoms with E-state index in [1.165, 1.54) is 0 Å². The van der Waals surface area contributed by atoms with Crippen LogP contribution in [0.1, 0.15) is 18.4 Å². The number of rotatable bonds is 6. The van der Waals surface area contributed by atoms with Crippen molar-refractivity contribution in [2.75, 3.05) is 41.5 Å². The molecule has 6 nitrogen and oxygen atoms in total. The summed E-state index contributed by atoms with van der Waals surface area (Å²) in [6.45, 7) is 1.58. The van der Waals surface area contributed by atoms with E-state index in [-0.39, 0.29) is 18.3 Å². The van der Waals surface area contributed by atoms with Crippen molar-refractivity contribution in [3.8, 4) is 17.2 Å². The summed E-state index contributed by atoms with van der Waals surface area (Å²) in [7, 11) is 6.66. The van der Waals surface area contributed by atoms with Gasteiger partial charge in [-0.3, -0.25) is 4.79 Å². The maximum Gasteiger partial charge on any atom is 0.227 e. The van der Waals surface area contributed by atoms with Crippen LogP contribution >= 0.6 is 12.4 Å². The van der Waals surface area contributed by atoms with E-state index >= 15 is 0 Å². The molecule has 1 aliphatic heterocycles. The predicted molar refractivity (Wildman–Crippen MR) is 95.7 cm³/mol. The number of methoxy groups -OCH3 is 3. The van der Waals surface area contributed by atoms with Crippen LogP contribution in [0.4, 0.5) is 0 Å². The van der Waals surface area contributed by atoms with Crippen LogP contribution in [0.5, 0.6) is 17.2 Å². The van der Waals surface area contributed by atoms with E-state index in [4.69, 9.17) is 14.2 Å². The van der Waals surface area contributed by atoms with Gasteiger partial charge >= 0.3 is 0 Å². The van der Waals surface area contributed by atoms with Gasteiger partial charge in [0.15, 0.2) is 11.5 Å². The van der Waals surface area contributed by atoms with Gasteiger partial charge in [0, 0.05) is 19.1 Å². The van der Waals surface area contributed by atoms with Crippen LogP contribution in [0, 0.1) is 0 Å². The summed E-state index contributed by atoms with van der Waals surface area (Å²) in [5.41, 5.74) is 0.857. The van der Waals surface area contributed by atoms with E-state index in [0.29, 0.717) is 29.7 Å². The molecule has 136 valence electrons. The Morgan fingerprint density at radius 2 is 1.83 bits per heavy atom. The maximum atomic E-state index is 12.6. The molecule has 0 aliphatic carbocycles. The SMILES string of the molecule is CNC1CCCN(C(=O)Cc2cc(OC)c(OC)c(OC)c2)C1.Cl. The van der Waals surface area contributed by atoms with Crippen molar-refractivity contribution >= 4 is 18.3 Å². The monoisotopic (exact) mass is 358 g/mol. The Kier molecular flexibility index (Phi) is 8.15. The van der Waals surface area contributed by atoms with Crippen LogP contribution in [0.15, 0.2) is 12.1 Å².